The van der Waals surface area contributed by atoms with Gasteiger partial charge in [-0.3, -0.25) is 4.68 Å². The number of benzene rings is 1. The number of aryl methyl sites for hydroxylation is 1. The van der Waals surface area contributed by atoms with Crippen LogP contribution in [0.25, 0.3) is 0 Å². The Bertz CT molecular complexity index is 547. The zero-order valence-corrected chi connectivity index (χ0v) is 11.2. The van der Waals surface area contributed by atoms with Crippen molar-refractivity contribution in [3.63, 3.8) is 0 Å². The standard InChI is InChI=1S/C13H14BrN3/c1-17-8-9(7-15-17)16-13-6-5-10-11(13)3-2-4-12(10)14/h2-4,7-8,13,16H,5-6H2,1H3. The molecule has 3 rings (SSSR count). The molecule has 0 amide bonds. The smallest absolute Gasteiger partial charge is 0.0731 e. The molecule has 0 saturated carbocycles. The maximum Gasteiger partial charge on any atom is 0.0731 e. The molecular weight excluding hydrogens is 278 g/mol. The third-order valence-electron chi connectivity index (χ3n) is 3.26. The van der Waals surface area contributed by atoms with Gasteiger partial charge >= 0.3 is 0 Å². The van der Waals surface area contributed by atoms with Crippen molar-refractivity contribution in [3.05, 3.63) is 46.2 Å². The minimum Gasteiger partial charge on any atom is -0.376 e. The third kappa shape index (κ3) is 1.97. The Morgan fingerprint density at radius 3 is 3.12 bits per heavy atom. The monoisotopic (exact) mass is 291 g/mol. The Hall–Kier alpha value is -1.29. The molecule has 0 radical (unpaired) electrons. The highest BCUT2D eigenvalue weighted by atomic mass is 79.9. The first-order chi connectivity index (χ1) is 8.24. The van der Waals surface area contributed by atoms with Gasteiger partial charge < -0.3 is 5.32 Å². The lowest BCUT2D eigenvalue weighted by Crippen LogP contribution is -2.06. The van der Waals surface area contributed by atoms with E-state index < -0.39 is 0 Å². The van der Waals surface area contributed by atoms with E-state index in [0.29, 0.717) is 6.04 Å². The van der Waals surface area contributed by atoms with Crippen LogP contribution >= 0.6 is 15.9 Å². The number of halogens is 1. The second-order valence-electron chi connectivity index (χ2n) is 4.45. The summed E-state index contributed by atoms with van der Waals surface area (Å²) in [5.41, 5.74) is 3.93. The first-order valence-electron chi connectivity index (χ1n) is 5.76. The van der Waals surface area contributed by atoms with Gasteiger partial charge in [0, 0.05) is 17.7 Å². The van der Waals surface area contributed by atoms with E-state index in [1.807, 2.05) is 24.1 Å². The maximum atomic E-state index is 4.18. The number of aromatic nitrogens is 2. The molecule has 1 aromatic carbocycles. The number of anilines is 1. The molecule has 0 saturated heterocycles. The number of rotatable bonds is 2. The van der Waals surface area contributed by atoms with Crippen molar-refractivity contribution in [3.8, 4) is 0 Å². The third-order valence-corrected chi connectivity index (χ3v) is 4.00. The molecule has 0 fully saturated rings. The van der Waals surface area contributed by atoms with E-state index >= 15 is 0 Å². The number of fused-ring (bicyclic) bond motifs is 1. The van der Waals surface area contributed by atoms with Crippen LogP contribution in [0, 0.1) is 0 Å². The van der Waals surface area contributed by atoms with Crippen LogP contribution in [0.2, 0.25) is 0 Å². The van der Waals surface area contributed by atoms with Gasteiger partial charge in [-0.05, 0) is 30.0 Å². The van der Waals surface area contributed by atoms with Gasteiger partial charge in [-0.2, -0.15) is 5.10 Å². The van der Waals surface area contributed by atoms with E-state index in [2.05, 4.69) is 44.5 Å². The molecule has 3 nitrogen and oxygen atoms in total. The average Bonchev–Trinajstić information content (AvgIpc) is 2.88. The molecule has 1 aromatic heterocycles. The lowest BCUT2D eigenvalue weighted by Gasteiger charge is -2.13. The topological polar surface area (TPSA) is 29.9 Å². The zero-order valence-electron chi connectivity index (χ0n) is 9.65. The predicted molar refractivity (Wildman–Crippen MR) is 72.0 cm³/mol. The van der Waals surface area contributed by atoms with Gasteiger partial charge in [-0.15, -0.1) is 0 Å². The highest BCUT2D eigenvalue weighted by Gasteiger charge is 2.23. The maximum absolute atomic E-state index is 4.18. The number of nitrogens with one attached hydrogen (secondary N) is 1. The molecule has 1 aliphatic rings. The van der Waals surface area contributed by atoms with Gasteiger partial charge in [0.05, 0.1) is 17.9 Å². The summed E-state index contributed by atoms with van der Waals surface area (Å²) in [6.07, 6.45) is 6.16. The molecular formula is C13H14BrN3. The van der Waals surface area contributed by atoms with E-state index in [1.54, 1.807) is 0 Å². The molecule has 0 aliphatic heterocycles. The molecule has 0 spiro atoms. The summed E-state index contributed by atoms with van der Waals surface area (Å²) in [4.78, 5) is 0. The molecule has 0 bridgehead atoms. The van der Waals surface area contributed by atoms with Crippen LogP contribution in [-0.2, 0) is 13.5 Å². The molecule has 1 atom stereocenters. The minimum atomic E-state index is 0.409. The summed E-state index contributed by atoms with van der Waals surface area (Å²) >= 11 is 3.62. The van der Waals surface area contributed by atoms with E-state index in [0.717, 1.165) is 18.5 Å². The van der Waals surface area contributed by atoms with Gasteiger partial charge in [0.2, 0.25) is 0 Å². The summed E-state index contributed by atoms with van der Waals surface area (Å²) in [5.74, 6) is 0. The lowest BCUT2D eigenvalue weighted by atomic mass is 10.1. The molecule has 1 N–H and O–H groups in total. The molecule has 17 heavy (non-hydrogen) atoms. The molecule has 1 unspecified atom stereocenters. The summed E-state index contributed by atoms with van der Waals surface area (Å²) in [5, 5.41) is 7.72. The molecule has 1 heterocycles. The normalized spacial score (nSPS) is 18.1. The van der Waals surface area contributed by atoms with E-state index in [1.165, 1.54) is 15.6 Å². The van der Waals surface area contributed by atoms with E-state index in [-0.39, 0.29) is 0 Å². The SMILES string of the molecule is Cn1cc(NC2CCc3c(Br)cccc32)cn1. The van der Waals surface area contributed by atoms with Gasteiger partial charge in [-0.25, -0.2) is 0 Å². The largest absolute Gasteiger partial charge is 0.376 e. The van der Waals surface area contributed by atoms with Crippen LogP contribution in [0.5, 0.6) is 0 Å². The van der Waals surface area contributed by atoms with Crippen LogP contribution in [0.4, 0.5) is 5.69 Å². The van der Waals surface area contributed by atoms with Crippen molar-refractivity contribution in [1.82, 2.24) is 9.78 Å². The van der Waals surface area contributed by atoms with Crippen LogP contribution in [-0.4, -0.2) is 9.78 Å². The van der Waals surface area contributed by atoms with Crippen molar-refractivity contribution in [2.24, 2.45) is 7.05 Å². The second kappa shape index (κ2) is 4.18. The zero-order chi connectivity index (χ0) is 11.8. The van der Waals surface area contributed by atoms with E-state index in [4.69, 9.17) is 0 Å². The van der Waals surface area contributed by atoms with Crippen LogP contribution in [0.3, 0.4) is 0 Å². The Balaban J connectivity index is 1.86. The fourth-order valence-electron chi connectivity index (χ4n) is 2.46. The van der Waals surface area contributed by atoms with Gasteiger partial charge in [0.25, 0.3) is 0 Å². The average molecular weight is 292 g/mol. The summed E-state index contributed by atoms with van der Waals surface area (Å²) in [7, 11) is 1.93. The van der Waals surface area contributed by atoms with Gasteiger partial charge in [-0.1, -0.05) is 28.1 Å². The fraction of sp³-hybridized carbons (Fsp3) is 0.308. The number of hydrogen-bond acceptors (Lipinski definition) is 2. The second-order valence-corrected chi connectivity index (χ2v) is 5.30. The quantitative estimate of drug-likeness (QED) is 0.920. The molecule has 1 aliphatic carbocycles. The van der Waals surface area contributed by atoms with Gasteiger partial charge in [0.15, 0.2) is 0 Å². The lowest BCUT2D eigenvalue weighted by molar-refractivity contribution is 0.758. The van der Waals surface area contributed by atoms with Crippen molar-refractivity contribution in [1.29, 1.82) is 0 Å². The highest BCUT2D eigenvalue weighted by Crippen LogP contribution is 2.37. The van der Waals surface area contributed by atoms with Crippen molar-refractivity contribution in [2.45, 2.75) is 18.9 Å². The fourth-order valence-corrected chi connectivity index (χ4v) is 3.04. The van der Waals surface area contributed by atoms with Crippen LogP contribution in [0.15, 0.2) is 35.1 Å². The Morgan fingerprint density at radius 2 is 2.35 bits per heavy atom. The van der Waals surface area contributed by atoms with Crippen LogP contribution < -0.4 is 5.32 Å². The van der Waals surface area contributed by atoms with Crippen molar-refractivity contribution >= 4 is 21.6 Å². The van der Waals surface area contributed by atoms with Crippen LogP contribution in [0.1, 0.15) is 23.6 Å². The Kier molecular flexibility index (Phi) is 2.67. The first kappa shape index (κ1) is 10.8. The predicted octanol–water partition coefficient (Wildman–Crippen LogP) is 3.28. The summed E-state index contributed by atoms with van der Waals surface area (Å²) in [6.45, 7) is 0. The summed E-state index contributed by atoms with van der Waals surface area (Å²) < 4.78 is 3.05. The molecule has 2 aromatic rings. The number of nitrogens with zero attached hydrogens (tertiary/aromatic N) is 2. The Labute approximate surface area is 109 Å². The Morgan fingerprint density at radius 1 is 1.47 bits per heavy atom. The molecule has 88 valence electrons. The number of hydrogen-bond donors (Lipinski definition) is 1. The summed E-state index contributed by atoms with van der Waals surface area (Å²) in [6, 6.07) is 6.84. The minimum absolute atomic E-state index is 0.409. The first-order valence-corrected chi connectivity index (χ1v) is 6.56. The van der Waals surface area contributed by atoms with Crippen molar-refractivity contribution < 1.29 is 0 Å². The van der Waals surface area contributed by atoms with Crippen molar-refractivity contribution in [2.75, 3.05) is 5.32 Å². The molecule has 4 heteroatoms. The van der Waals surface area contributed by atoms with E-state index in [9.17, 15) is 0 Å². The van der Waals surface area contributed by atoms with Gasteiger partial charge in [0.1, 0.15) is 0 Å². The highest BCUT2D eigenvalue weighted by molar-refractivity contribution is 9.10.